The minimum absolute atomic E-state index is 0.0116. The molecule has 0 spiro atoms. The van der Waals surface area contributed by atoms with Crippen LogP contribution in [0.4, 0.5) is 0 Å². The van der Waals surface area contributed by atoms with Crippen LogP contribution in [-0.2, 0) is 28.6 Å². The molecule has 5 aliphatic rings. The molecule has 0 unspecified atom stereocenters. The molecule has 0 N–H and O–H groups in total. The quantitative estimate of drug-likeness (QED) is 0.534. The smallest absolute Gasteiger partial charge is 0.330 e. The van der Waals surface area contributed by atoms with Crippen LogP contribution in [0.5, 0.6) is 0 Å². The molecule has 0 amide bonds. The van der Waals surface area contributed by atoms with Crippen LogP contribution in [0.1, 0.15) is 53.4 Å². The Hall–Kier alpha value is -1.69. The molecule has 4 fully saturated rings. The van der Waals surface area contributed by atoms with Crippen molar-refractivity contribution in [3.8, 4) is 0 Å². The number of rotatable bonds is 2. The Labute approximate surface area is 165 Å². The first kappa shape index (κ1) is 18.3. The number of hydrogen-bond donors (Lipinski definition) is 0. The topological polar surface area (TPSA) is 82.2 Å². The number of esters is 2. The summed E-state index contributed by atoms with van der Waals surface area (Å²) in [6.45, 7) is 7.68. The molecule has 6 heteroatoms. The summed E-state index contributed by atoms with van der Waals surface area (Å²) in [6.07, 6.45) is 4.89. The summed E-state index contributed by atoms with van der Waals surface area (Å²) < 4.78 is 17.4. The predicted octanol–water partition coefficient (Wildman–Crippen LogP) is 2.59. The molecule has 2 aliphatic heterocycles. The van der Waals surface area contributed by atoms with Crippen LogP contribution in [0.25, 0.3) is 0 Å². The summed E-state index contributed by atoms with van der Waals surface area (Å²) in [6, 6.07) is 0. The molecule has 0 radical (unpaired) electrons. The van der Waals surface area contributed by atoms with E-state index in [2.05, 4.69) is 13.8 Å². The highest BCUT2D eigenvalue weighted by molar-refractivity contribution is 5.89. The molecule has 8 atom stereocenters. The highest BCUT2D eigenvalue weighted by Crippen LogP contribution is 2.70. The van der Waals surface area contributed by atoms with E-state index in [-0.39, 0.29) is 46.7 Å². The van der Waals surface area contributed by atoms with Crippen molar-refractivity contribution >= 4 is 17.7 Å². The summed E-state index contributed by atoms with van der Waals surface area (Å²) in [5.41, 5.74) is -0.532. The number of carbonyl (C=O) groups excluding carboxylic acids is 3. The van der Waals surface area contributed by atoms with Crippen molar-refractivity contribution in [1.82, 2.24) is 0 Å². The average molecular weight is 388 g/mol. The number of carbonyl (C=O) groups is 3. The summed E-state index contributed by atoms with van der Waals surface area (Å²) >= 11 is 0. The number of ether oxygens (including phenoxy) is 3. The highest BCUT2D eigenvalue weighted by Gasteiger charge is 2.73. The van der Waals surface area contributed by atoms with Crippen molar-refractivity contribution in [3.63, 3.8) is 0 Å². The molecule has 28 heavy (non-hydrogen) atoms. The second-order valence-electron chi connectivity index (χ2n) is 9.91. The van der Waals surface area contributed by atoms with Gasteiger partial charge in [-0.3, -0.25) is 9.59 Å². The Morgan fingerprint density at radius 3 is 2.54 bits per heavy atom. The van der Waals surface area contributed by atoms with Crippen LogP contribution in [0.2, 0.25) is 0 Å². The molecule has 0 aromatic carbocycles. The molecule has 0 aromatic heterocycles. The standard InChI is InChI=1S/C22H28O6/c1-11(23)22(28-12(2)24)8-6-14-17-13(5-7-21(14,22)4)20(3)10-26-16(25)9-15(20)18-19(17)27-18/h9,13-14,17-19H,5-8,10H2,1-4H3/t13-,14-,17+,18+,19-,20+,21-,22-/m0/s1. The zero-order valence-corrected chi connectivity index (χ0v) is 16.9. The van der Waals surface area contributed by atoms with Crippen molar-refractivity contribution in [3.05, 3.63) is 11.6 Å². The molecule has 3 aliphatic carbocycles. The van der Waals surface area contributed by atoms with E-state index < -0.39 is 5.60 Å². The fourth-order valence-electron chi connectivity index (χ4n) is 7.49. The third-order valence-electron chi connectivity index (χ3n) is 8.82. The van der Waals surface area contributed by atoms with Gasteiger partial charge in [0.25, 0.3) is 0 Å². The third-order valence-corrected chi connectivity index (χ3v) is 8.82. The van der Waals surface area contributed by atoms with E-state index in [0.29, 0.717) is 24.9 Å². The first-order valence-corrected chi connectivity index (χ1v) is 10.4. The van der Waals surface area contributed by atoms with Crippen molar-refractivity contribution in [2.24, 2.45) is 28.6 Å². The molecular weight excluding hydrogens is 360 g/mol. The maximum Gasteiger partial charge on any atom is 0.330 e. The lowest BCUT2D eigenvalue weighted by molar-refractivity contribution is -0.188. The molecule has 1 saturated heterocycles. The van der Waals surface area contributed by atoms with Gasteiger partial charge in [0.15, 0.2) is 11.4 Å². The Balaban J connectivity index is 1.55. The minimum atomic E-state index is -1.03. The van der Waals surface area contributed by atoms with Crippen molar-refractivity contribution in [2.75, 3.05) is 6.61 Å². The van der Waals surface area contributed by atoms with Crippen LogP contribution in [-0.4, -0.2) is 42.1 Å². The molecule has 152 valence electrons. The lowest BCUT2D eigenvalue weighted by atomic mass is 9.47. The second kappa shape index (κ2) is 5.47. The van der Waals surface area contributed by atoms with Gasteiger partial charge >= 0.3 is 11.9 Å². The normalized spacial score (nSPS) is 50.9. The maximum absolute atomic E-state index is 12.8. The number of Topliss-reactive ketones (excluding diaryl/α,β-unsaturated/α-hetero) is 1. The Morgan fingerprint density at radius 1 is 1.14 bits per heavy atom. The molecule has 0 aromatic rings. The lowest BCUT2D eigenvalue weighted by Gasteiger charge is -2.57. The number of ketones is 1. The molecule has 3 saturated carbocycles. The van der Waals surface area contributed by atoms with Crippen molar-refractivity contribution in [1.29, 1.82) is 0 Å². The summed E-state index contributed by atoms with van der Waals surface area (Å²) in [5, 5.41) is 0. The van der Waals surface area contributed by atoms with E-state index in [1.54, 1.807) is 13.0 Å². The van der Waals surface area contributed by atoms with E-state index in [4.69, 9.17) is 14.2 Å². The summed E-state index contributed by atoms with van der Waals surface area (Å²) in [4.78, 5) is 36.5. The highest BCUT2D eigenvalue weighted by atomic mass is 16.6. The van der Waals surface area contributed by atoms with Gasteiger partial charge < -0.3 is 14.2 Å². The van der Waals surface area contributed by atoms with E-state index >= 15 is 0 Å². The SMILES string of the molecule is CC(=O)O[C@]1(C(C)=O)CC[C@H]2[C@@H]3[C@@H]4O[C@@H]4C4=CC(=O)OC[C@]4(C)[C@H]3CC[C@@]21C. The van der Waals surface area contributed by atoms with E-state index in [1.165, 1.54) is 6.92 Å². The van der Waals surface area contributed by atoms with E-state index in [9.17, 15) is 14.4 Å². The molecule has 6 nitrogen and oxygen atoms in total. The molecular formula is C22H28O6. The lowest BCUT2D eigenvalue weighted by Crippen LogP contribution is -2.60. The molecule has 2 heterocycles. The van der Waals surface area contributed by atoms with Gasteiger partial charge in [-0.05, 0) is 55.9 Å². The van der Waals surface area contributed by atoms with Gasteiger partial charge in [0.2, 0.25) is 0 Å². The summed E-state index contributed by atoms with van der Waals surface area (Å²) in [7, 11) is 0. The largest absolute Gasteiger partial charge is 0.462 e. The first-order chi connectivity index (χ1) is 13.1. The van der Waals surface area contributed by atoms with Gasteiger partial charge in [0, 0.05) is 23.8 Å². The van der Waals surface area contributed by atoms with Gasteiger partial charge in [-0.1, -0.05) is 13.8 Å². The second-order valence-corrected chi connectivity index (χ2v) is 9.91. The van der Waals surface area contributed by atoms with Crippen LogP contribution < -0.4 is 0 Å². The monoisotopic (exact) mass is 388 g/mol. The minimum Gasteiger partial charge on any atom is -0.462 e. The predicted molar refractivity (Wildman–Crippen MR) is 98.0 cm³/mol. The fourth-order valence-corrected chi connectivity index (χ4v) is 7.49. The van der Waals surface area contributed by atoms with E-state index in [1.807, 2.05) is 0 Å². The van der Waals surface area contributed by atoms with E-state index in [0.717, 1.165) is 24.8 Å². The van der Waals surface area contributed by atoms with Crippen LogP contribution >= 0.6 is 0 Å². The Morgan fingerprint density at radius 2 is 1.86 bits per heavy atom. The maximum atomic E-state index is 12.8. The number of cyclic esters (lactones) is 1. The van der Waals surface area contributed by atoms with Gasteiger partial charge in [0.1, 0.15) is 12.7 Å². The van der Waals surface area contributed by atoms with Crippen LogP contribution in [0.15, 0.2) is 11.6 Å². The summed E-state index contributed by atoms with van der Waals surface area (Å²) in [5.74, 6) is 0.175. The van der Waals surface area contributed by atoms with Gasteiger partial charge in [0.05, 0.1) is 6.10 Å². The third kappa shape index (κ3) is 2.05. The average Bonchev–Trinajstić information content (AvgIpc) is 3.35. The van der Waals surface area contributed by atoms with Gasteiger partial charge in [-0.2, -0.15) is 0 Å². The number of fused-ring (bicyclic) bond motifs is 8. The van der Waals surface area contributed by atoms with Crippen LogP contribution in [0.3, 0.4) is 0 Å². The van der Waals surface area contributed by atoms with Crippen molar-refractivity contribution in [2.45, 2.75) is 71.2 Å². The Kier molecular flexibility index (Phi) is 3.58. The van der Waals surface area contributed by atoms with Crippen LogP contribution in [0, 0.1) is 28.6 Å². The fraction of sp³-hybridized carbons (Fsp3) is 0.773. The Bertz CT molecular complexity index is 816. The number of epoxide rings is 1. The van der Waals surface area contributed by atoms with Crippen molar-refractivity contribution < 1.29 is 28.6 Å². The zero-order valence-electron chi connectivity index (χ0n) is 16.9. The zero-order chi connectivity index (χ0) is 20.1. The van der Waals surface area contributed by atoms with Gasteiger partial charge in [-0.15, -0.1) is 0 Å². The number of hydrogen-bond acceptors (Lipinski definition) is 6. The molecule has 5 rings (SSSR count). The van der Waals surface area contributed by atoms with Gasteiger partial charge in [-0.25, -0.2) is 4.79 Å². The first-order valence-electron chi connectivity index (χ1n) is 10.4. The molecule has 0 bridgehead atoms.